The lowest BCUT2D eigenvalue weighted by atomic mass is 10.0. The monoisotopic (exact) mass is 424 g/mol. The number of nitrogens with zero attached hydrogens (tertiary/aromatic N) is 3. The Bertz CT molecular complexity index is 1200. The van der Waals surface area contributed by atoms with E-state index in [4.69, 9.17) is 4.74 Å². The van der Waals surface area contributed by atoms with Gasteiger partial charge in [0.25, 0.3) is 11.5 Å². The summed E-state index contributed by atoms with van der Waals surface area (Å²) in [5, 5.41) is 10.0. The second kappa shape index (κ2) is 8.73. The molecule has 0 radical (unpaired) electrons. The first-order valence-corrected chi connectivity index (χ1v) is 9.96. The van der Waals surface area contributed by atoms with Crippen molar-refractivity contribution in [2.45, 2.75) is 25.4 Å². The van der Waals surface area contributed by atoms with Gasteiger partial charge in [0, 0.05) is 32.0 Å². The van der Waals surface area contributed by atoms with Gasteiger partial charge in [-0.25, -0.2) is 9.49 Å². The summed E-state index contributed by atoms with van der Waals surface area (Å²) in [6.45, 7) is 1.02. The highest BCUT2D eigenvalue weighted by atomic mass is 19.1. The number of fused-ring (bicyclic) bond motifs is 1. The number of methoxy groups -OCH3 is 1. The molecule has 31 heavy (non-hydrogen) atoms. The smallest absolute Gasteiger partial charge is 0.274 e. The van der Waals surface area contributed by atoms with Crippen molar-refractivity contribution in [3.05, 3.63) is 74.3 Å². The number of carbonyl (C=O) groups excluding carboxylic acids is 1. The number of halogens is 1. The van der Waals surface area contributed by atoms with E-state index in [0.717, 1.165) is 0 Å². The van der Waals surface area contributed by atoms with Crippen LogP contribution in [-0.4, -0.2) is 47.3 Å². The van der Waals surface area contributed by atoms with Crippen LogP contribution in [0.15, 0.2) is 46.4 Å². The van der Waals surface area contributed by atoms with Gasteiger partial charge in [-0.2, -0.15) is 5.10 Å². The minimum atomic E-state index is -0.589. The van der Waals surface area contributed by atoms with Gasteiger partial charge in [0.1, 0.15) is 11.5 Å². The third kappa shape index (κ3) is 4.09. The van der Waals surface area contributed by atoms with Crippen molar-refractivity contribution in [1.29, 1.82) is 0 Å². The van der Waals surface area contributed by atoms with E-state index in [1.807, 2.05) is 0 Å². The number of amides is 1. The van der Waals surface area contributed by atoms with Gasteiger partial charge < -0.3 is 9.64 Å². The summed E-state index contributed by atoms with van der Waals surface area (Å²) in [6, 6.07) is 9.10. The molecule has 4 rings (SSSR count). The summed E-state index contributed by atoms with van der Waals surface area (Å²) in [5.74, 6) is -0.949. The maximum atomic E-state index is 14.5. The molecule has 0 atom stereocenters. The predicted octanol–water partition coefficient (Wildman–Crippen LogP) is 3.30. The van der Waals surface area contributed by atoms with Crippen molar-refractivity contribution in [1.82, 2.24) is 15.1 Å². The van der Waals surface area contributed by atoms with E-state index in [1.165, 1.54) is 18.2 Å². The van der Waals surface area contributed by atoms with Gasteiger partial charge in [-0.05, 0) is 41.8 Å². The molecule has 0 saturated carbocycles. The quantitative estimate of drug-likeness (QED) is 0.633. The van der Waals surface area contributed by atoms with Crippen LogP contribution in [0.2, 0.25) is 0 Å². The number of likely N-dealkylation sites (tertiary alicyclic amines) is 1. The molecule has 1 aliphatic rings. The van der Waals surface area contributed by atoms with Crippen LogP contribution in [0.3, 0.4) is 0 Å². The molecule has 1 aromatic heterocycles. The molecule has 2 aromatic carbocycles. The lowest BCUT2D eigenvalue weighted by molar-refractivity contribution is 0.0348. The Hall–Kier alpha value is -3.46. The molecule has 8 nitrogen and oxygen atoms in total. The summed E-state index contributed by atoms with van der Waals surface area (Å²) in [6.07, 6.45) is 1.78. The van der Waals surface area contributed by atoms with Gasteiger partial charge >= 0.3 is 0 Å². The summed E-state index contributed by atoms with van der Waals surface area (Å²) >= 11 is 0. The van der Waals surface area contributed by atoms with E-state index in [-0.39, 0.29) is 35.1 Å². The Morgan fingerprint density at radius 3 is 2.77 bits per heavy atom. The highest BCUT2D eigenvalue weighted by Crippen LogP contribution is 2.26. The minimum absolute atomic E-state index is 0.00246. The average Bonchev–Trinajstić information content (AvgIpc) is 2.81. The van der Waals surface area contributed by atoms with Crippen LogP contribution >= 0.6 is 0 Å². The first-order chi connectivity index (χ1) is 15.0. The Kier molecular flexibility index (Phi) is 5.85. The number of hydrogen-bond donors (Lipinski definition) is 1. The van der Waals surface area contributed by atoms with Gasteiger partial charge in [0.2, 0.25) is 0 Å². The summed E-state index contributed by atoms with van der Waals surface area (Å²) < 4.78 is 19.8. The van der Waals surface area contributed by atoms with Crippen LogP contribution in [0.4, 0.5) is 10.1 Å². The number of carbonyl (C=O) groups is 1. The van der Waals surface area contributed by atoms with Crippen molar-refractivity contribution < 1.29 is 13.9 Å². The third-order valence-electron chi connectivity index (χ3n) is 5.67. The number of nitrogens with one attached hydrogen (secondary N) is 1. The number of H-pyrrole nitrogens is 1. The number of benzene rings is 2. The molecule has 1 N–H and O–H groups in total. The summed E-state index contributed by atoms with van der Waals surface area (Å²) in [5.41, 5.74) is 0.658. The molecule has 1 fully saturated rings. The number of aromatic nitrogens is 2. The average molecular weight is 424 g/mol. The molecule has 0 unspecified atom stereocenters. The maximum Gasteiger partial charge on any atom is 0.274 e. The second-order valence-corrected chi connectivity index (χ2v) is 7.51. The number of hydrogen-bond acceptors (Lipinski definition) is 6. The Morgan fingerprint density at radius 2 is 2.06 bits per heavy atom. The molecule has 9 heteroatoms. The summed E-state index contributed by atoms with van der Waals surface area (Å²) in [4.78, 5) is 37.7. The third-order valence-corrected chi connectivity index (χ3v) is 5.67. The molecule has 0 bridgehead atoms. The van der Waals surface area contributed by atoms with Gasteiger partial charge in [-0.3, -0.25) is 9.59 Å². The van der Waals surface area contributed by atoms with Crippen LogP contribution in [0.25, 0.3) is 10.8 Å². The zero-order chi connectivity index (χ0) is 22.0. The molecule has 0 spiro atoms. The molecule has 1 saturated heterocycles. The maximum absolute atomic E-state index is 14.5. The molecule has 1 aliphatic heterocycles. The van der Waals surface area contributed by atoms with Crippen LogP contribution in [0.5, 0.6) is 0 Å². The molecule has 0 aliphatic carbocycles. The van der Waals surface area contributed by atoms with Gasteiger partial charge in [0.05, 0.1) is 22.7 Å². The zero-order valence-corrected chi connectivity index (χ0v) is 16.9. The lowest BCUT2D eigenvalue weighted by Gasteiger charge is -2.31. The van der Waals surface area contributed by atoms with E-state index >= 15 is 0 Å². The highest BCUT2D eigenvalue weighted by Gasteiger charge is 2.25. The Morgan fingerprint density at radius 1 is 1.29 bits per heavy atom. The van der Waals surface area contributed by atoms with E-state index in [9.17, 15) is 18.9 Å². The highest BCUT2D eigenvalue weighted by molar-refractivity contribution is 5.95. The van der Waals surface area contributed by atoms with Gasteiger partial charge in [-0.1, -0.05) is 18.2 Å². The minimum Gasteiger partial charge on any atom is -0.381 e. The number of nitroso groups, excluding NO2 is 1. The fourth-order valence-corrected chi connectivity index (χ4v) is 3.97. The topological polar surface area (TPSA) is 105 Å². The van der Waals surface area contributed by atoms with Gasteiger partial charge in [-0.15, -0.1) is 4.91 Å². The molecule has 3 aromatic rings. The van der Waals surface area contributed by atoms with E-state index in [1.54, 1.807) is 30.2 Å². The lowest BCUT2D eigenvalue weighted by Crippen LogP contribution is -2.41. The van der Waals surface area contributed by atoms with E-state index in [2.05, 4.69) is 15.4 Å². The Balaban J connectivity index is 1.64. The van der Waals surface area contributed by atoms with Crippen LogP contribution < -0.4 is 5.56 Å². The standard InChI is InChI=1S/C22H21FN4O4/c1-31-14-7-9-27(10-8-14)22(29)16-11-13(5-6-17(16)23)12-19-15-3-2-4-18(26-30)20(15)21(28)25-24-19/h2-6,11,14H,7-10,12H2,1H3,(H,25,28). The molecule has 1 amide bonds. The first-order valence-electron chi connectivity index (χ1n) is 9.96. The molecular weight excluding hydrogens is 403 g/mol. The summed E-state index contributed by atoms with van der Waals surface area (Å²) in [7, 11) is 1.65. The van der Waals surface area contributed by atoms with E-state index in [0.29, 0.717) is 42.6 Å². The molecule has 2 heterocycles. The van der Waals surface area contributed by atoms with Crippen molar-refractivity contribution in [2.75, 3.05) is 20.2 Å². The van der Waals surface area contributed by atoms with Gasteiger partial charge in [0.15, 0.2) is 0 Å². The fourth-order valence-electron chi connectivity index (χ4n) is 3.97. The van der Waals surface area contributed by atoms with Crippen molar-refractivity contribution in [2.24, 2.45) is 5.18 Å². The molecular formula is C22H21FN4O4. The van der Waals surface area contributed by atoms with Crippen molar-refractivity contribution >= 4 is 22.4 Å². The SMILES string of the molecule is COC1CCN(C(=O)c2cc(Cc3n[nH]c(=O)c4c(N=O)cccc34)ccc2F)CC1. The van der Waals surface area contributed by atoms with Crippen LogP contribution in [-0.2, 0) is 11.2 Å². The fraction of sp³-hybridized carbons (Fsp3) is 0.318. The largest absolute Gasteiger partial charge is 0.381 e. The van der Waals surface area contributed by atoms with Crippen LogP contribution in [0.1, 0.15) is 34.5 Å². The van der Waals surface area contributed by atoms with Crippen molar-refractivity contribution in [3.63, 3.8) is 0 Å². The normalized spacial score (nSPS) is 14.7. The zero-order valence-electron chi connectivity index (χ0n) is 16.9. The second-order valence-electron chi connectivity index (χ2n) is 7.51. The van der Waals surface area contributed by atoms with E-state index < -0.39 is 11.4 Å². The number of piperidine rings is 1. The first kappa shape index (κ1) is 20.8. The van der Waals surface area contributed by atoms with Crippen molar-refractivity contribution in [3.8, 4) is 0 Å². The van der Waals surface area contributed by atoms with Crippen LogP contribution in [0, 0.1) is 10.7 Å². The molecule has 160 valence electrons. The predicted molar refractivity (Wildman–Crippen MR) is 113 cm³/mol. The number of aromatic amines is 1. The Labute approximate surface area is 177 Å². The number of ether oxygens (including phenoxy) is 1. The number of rotatable bonds is 5.